The summed E-state index contributed by atoms with van der Waals surface area (Å²) in [6.07, 6.45) is 2.73. The predicted octanol–water partition coefficient (Wildman–Crippen LogP) is 2.82. The first kappa shape index (κ1) is 17.8. The minimum Gasteiger partial charge on any atom is -0.431 e. The van der Waals surface area contributed by atoms with Crippen LogP contribution in [0.2, 0.25) is 0 Å². The Morgan fingerprint density at radius 2 is 2.11 bits per heavy atom. The lowest BCUT2D eigenvalue weighted by atomic mass is 10.1. The number of pyridine rings is 1. The van der Waals surface area contributed by atoms with E-state index < -0.39 is 6.61 Å². The molecule has 2 saturated heterocycles. The quantitative estimate of drug-likeness (QED) is 0.857. The molecular weight excluding hydrogens is 356 g/mol. The van der Waals surface area contributed by atoms with Gasteiger partial charge < -0.3 is 20.1 Å². The molecule has 0 aromatic carbocycles. The molecule has 2 N–H and O–H groups in total. The molecule has 2 aliphatic heterocycles. The van der Waals surface area contributed by atoms with E-state index in [-0.39, 0.29) is 23.6 Å². The summed E-state index contributed by atoms with van der Waals surface area (Å²) in [5.41, 5.74) is 6.78. The van der Waals surface area contributed by atoms with Gasteiger partial charge in [-0.3, -0.25) is 0 Å². The molecule has 144 valence electrons. The van der Waals surface area contributed by atoms with Crippen molar-refractivity contribution in [3.8, 4) is 17.0 Å². The molecule has 2 atom stereocenters. The predicted molar refractivity (Wildman–Crippen MR) is 95.9 cm³/mol. The Kier molecular flexibility index (Phi) is 4.55. The van der Waals surface area contributed by atoms with Gasteiger partial charge in [-0.1, -0.05) is 13.8 Å². The zero-order valence-electron chi connectivity index (χ0n) is 15.1. The Hall–Kier alpha value is -2.55. The van der Waals surface area contributed by atoms with Crippen molar-refractivity contribution in [3.63, 3.8) is 0 Å². The number of hydrogen-bond donors (Lipinski definition) is 1. The number of aromatic nitrogens is 3. The number of fused-ring (bicyclic) bond motifs is 2. The topological polar surface area (TPSA) is 86.4 Å². The third-order valence-electron chi connectivity index (χ3n) is 4.83. The average molecular weight is 377 g/mol. The third-order valence-corrected chi connectivity index (χ3v) is 4.83. The molecular formula is C18H21F2N5O2. The van der Waals surface area contributed by atoms with Crippen molar-refractivity contribution in [2.75, 3.05) is 23.8 Å². The van der Waals surface area contributed by atoms with Crippen molar-refractivity contribution in [1.82, 2.24) is 15.0 Å². The number of hydrogen-bond acceptors (Lipinski definition) is 7. The first-order chi connectivity index (χ1) is 12.9. The molecule has 27 heavy (non-hydrogen) atoms. The van der Waals surface area contributed by atoms with Crippen LogP contribution in [0.3, 0.4) is 0 Å². The number of morpholine rings is 1. The molecule has 0 saturated carbocycles. The molecule has 0 amide bonds. The van der Waals surface area contributed by atoms with Crippen molar-refractivity contribution in [2.45, 2.75) is 44.9 Å². The van der Waals surface area contributed by atoms with E-state index >= 15 is 0 Å². The standard InChI is InChI=1S/C18H21F2N5O2/c1-9(2)17-23-13(10-3-14(27-18(19)20)16(21)22-6-10)5-15(24-17)25-7-12-4-11(25)8-26-12/h3,5-6,9,11-12,18H,4,7-8H2,1-2H3,(H2,21,22)/t11-,12-/m0/s1. The lowest BCUT2D eigenvalue weighted by molar-refractivity contribution is -0.0494. The normalized spacial score (nSPS) is 21.5. The molecule has 4 rings (SSSR count). The zero-order chi connectivity index (χ0) is 19.1. The van der Waals surface area contributed by atoms with Crippen LogP contribution in [0.4, 0.5) is 20.4 Å². The van der Waals surface area contributed by atoms with Gasteiger partial charge >= 0.3 is 6.61 Å². The highest BCUT2D eigenvalue weighted by Crippen LogP contribution is 2.34. The van der Waals surface area contributed by atoms with E-state index in [0.717, 1.165) is 18.8 Å². The molecule has 2 bridgehead atoms. The maximum Gasteiger partial charge on any atom is 0.387 e. The Bertz CT molecular complexity index is 848. The van der Waals surface area contributed by atoms with Crippen LogP contribution in [-0.2, 0) is 4.74 Å². The minimum atomic E-state index is -2.98. The fourth-order valence-electron chi connectivity index (χ4n) is 3.47. The number of alkyl halides is 2. The van der Waals surface area contributed by atoms with Crippen LogP contribution in [0, 0.1) is 0 Å². The molecule has 2 aromatic heterocycles. The number of halogens is 2. The molecule has 0 spiro atoms. The maximum absolute atomic E-state index is 12.6. The smallest absolute Gasteiger partial charge is 0.387 e. The number of nitrogen functional groups attached to an aromatic ring is 1. The van der Waals surface area contributed by atoms with Crippen molar-refractivity contribution in [2.24, 2.45) is 0 Å². The molecule has 7 nitrogen and oxygen atoms in total. The van der Waals surface area contributed by atoms with Crippen molar-refractivity contribution in [1.29, 1.82) is 0 Å². The Labute approximate surface area is 155 Å². The Morgan fingerprint density at radius 3 is 2.74 bits per heavy atom. The van der Waals surface area contributed by atoms with Crippen LogP contribution in [0.5, 0.6) is 5.75 Å². The summed E-state index contributed by atoms with van der Waals surface area (Å²) in [7, 11) is 0. The van der Waals surface area contributed by atoms with Crippen molar-refractivity contribution >= 4 is 11.6 Å². The molecule has 0 aliphatic carbocycles. The summed E-state index contributed by atoms with van der Waals surface area (Å²) in [5.74, 6) is 1.35. The zero-order valence-corrected chi connectivity index (χ0v) is 15.1. The van der Waals surface area contributed by atoms with Crippen LogP contribution in [0.25, 0.3) is 11.3 Å². The van der Waals surface area contributed by atoms with Crippen molar-refractivity contribution in [3.05, 3.63) is 24.2 Å². The van der Waals surface area contributed by atoms with E-state index in [9.17, 15) is 8.78 Å². The molecule has 9 heteroatoms. The van der Waals surface area contributed by atoms with Gasteiger partial charge in [0, 0.05) is 30.3 Å². The summed E-state index contributed by atoms with van der Waals surface area (Å²) in [6, 6.07) is 3.59. The van der Waals surface area contributed by atoms with Gasteiger partial charge in [-0.2, -0.15) is 8.78 Å². The van der Waals surface area contributed by atoms with Crippen LogP contribution in [-0.4, -0.2) is 46.9 Å². The van der Waals surface area contributed by atoms with Crippen molar-refractivity contribution < 1.29 is 18.3 Å². The molecule has 2 aliphatic rings. The summed E-state index contributed by atoms with van der Waals surface area (Å²) < 4.78 is 35.3. The largest absolute Gasteiger partial charge is 0.431 e. The highest BCUT2D eigenvalue weighted by molar-refractivity contribution is 5.67. The van der Waals surface area contributed by atoms with E-state index in [4.69, 9.17) is 15.5 Å². The number of nitrogens with zero attached hydrogens (tertiary/aromatic N) is 4. The maximum atomic E-state index is 12.6. The lowest BCUT2D eigenvalue weighted by Gasteiger charge is -2.28. The summed E-state index contributed by atoms with van der Waals surface area (Å²) >= 11 is 0. The molecule has 0 unspecified atom stereocenters. The second kappa shape index (κ2) is 6.88. The highest BCUT2D eigenvalue weighted by Gasteiger charge is 2.40. The summed E-state index contributed by atoms with van der Waals surface area (Å²) in [6.45, 7) is 2.52. The van der Waals surface area contributed by atoms with E-state index in [0.29, 0.717) is 29.7 Å². The number of rotatable bonds is 5. The first-order valence-corrected chi connectivity index (χ1v) is 8.88. The molecule has 4 heterocycles. The fraction of sp³-hybridized carbons (Fsp3) is 0.500. The van der Waals surface area contributed by atoms with Gasteiger partial charge in [0.15, 0.2) is 11.6 Å². The van der Waals surface area contributed by atoms with E-state index in [2.05, 4.69) is 19.6 Å². The van der Waals surface area contributed by atoms with Gasteiger partial charge in [-0.25, -0.2) is 15.0 Å². The van der Waals surface area contributed by atoms with Crippen LogP contribution in [0.15, 0.2) is 18.3 Å². The van der Waals surface area contributed by atoms with Crippen LogP contribution < -0.4 is 15.4 Å². The highest BCUT2D eigenvalue weighted by atomic mass is 19.3. The summed E-state index contributed by atoms with van der Waals surface area (Å²) in [4.78, 5) is 15.5. The number of ether oxygens (including phenoxy) is 2. The Balaban J connectivity index is 1.74. The van der Waals surface area contributed by atoms with Crippen LogP contribution in [0.1, 0.15) is 32.0 Å². The van der Waals surface area contributed by atoms with Crippen LogP contribution >= 0.6 is 0 Å². The first-order valence-electron chi connectivity index (χ1n) is 8.88. The van der Waals surface area contributed by atoms with E-state index in [1.54, 1.807) is 0 Å². The monoisotopic (exact) mass is 377 g/mol. The number of anilines is 2. The molecule has 2 fully saturated rings. The SMILES string of the molecule is CC(C)c1nc(-c2cnc(N)c(OC(F)F)c2)cc(N2C[C@@H]3C[C@H]2CO3)n1. The van der Waals surface area contributed by atoms with Gasteiger partial charge in [0.1, 0.15) is 11.6 Å². The molecule has 2 aromatic rings. The van der Waals surface area contributed by atoms with E-state index in [1.165, 1.54) is 12.3 Å². The number of nitrogens with two attached hydrogens (primary N) is 1. The Morgan fingerprint density at radius 1 is 1.30 bits per heavy atom. The van der Waals surface area contributed by atoms with Gasteiger partial charge in [-0.15, -0.1) is 0 Å². The minimum absolute atomic E-state index is 0.0913. The van der Waals surface area contributed by atoms with Gasteiger partial charge in [-0.05, 0) is 12.5 Å². The molecule has 0 radical (unpaired) electrons. The lowest BCUT2D eigenvalue weighted by Crippen LogP contribution is -2.37. The van der Waals surface area contributed by atoms with Gasteiger partial charge in [0.2, 0.25) is 0 Å². The van der Waals surface area contributed by atoms with Gasteiger partial charge in [0.25, 0.3) is 0 Å². The van der Waals surface area contributed by atoms with Gasteiger partial charge in [0.05, 0.1) is 24.4 Å². The third kappa shape index (κ3) is 3.51. The second-order valence-corrected chi connectivity index (χ2v) is 7.11. The summed E-state index contributed by atoms with van der Waals surface area (Å²) in [5, 5.41) is 0. The fourth-order valence-corrected chi connectivity index (χ4v) is 3.47. The average Bonchev–Trinajstić information content (AvgIpc) is 3.26. The van der Waals surface area contributed by atoms with E-state index in [1.807, 2.05) is 19.9 Å². The second-order valence-electron chi connectivity index (χ2n) is 7.11.